The van der Waals surface area contributed by atoms with E-state index in [0.717, 1.165) is 5.56 Å². The van der Waals surface area contributed by atoms with Crippen molar-refractivity contribution in [3.63, 3.8) is 0 Å². The Bertz CT molecular complexity index is 363. The van der Waals surface area contributed by atoms with Crippen molar-refractivity contribution in [1.82, 2.24) is 5.32 Å². The van der Waals surface area contributed by atoms with Gasteiger partial charge in [-0.3, -0.25) is 4.79 Å². The first-order valence-corrected chi connectivity index (χ1v) is 4.81. The normalized spacial score (nSPS) is 11.6. The molecule has 1 radical (unpaired) electrons. The van der Waals surface area contributed by atoms with Gasteiger partial charge in [0.25, 0.3) is 5.91 Å². The van der Waals surface area contributed by atoms with Crippen LogP contribution in [0.2, 0.25) is 0 Å². The first-order chi connectivity index (χ1) is 7.59. The Morgan fingerprint density at radius 1 is 1.38 bits per heavy atom. The van der Waals surface area contributed by atoms with E-state index in [4.69, 9.17) is 10.5 Å². The largest absolute Gasteiger partial charge is 0.443 e. The maximum Gasteiger partial charge on any atom is 0.437 e. The van der Waals surface area contributed by atoms with Crippen molar-refractivity contribution in [2.75, 3.05) is 0 Å². The summed E-state index contributed by atoms with van der Waals surface area (Å²) in [7, 11) is 0. The van der Waals surface area contributed by atoms with Crippen LogP contribution in [0.4, 0.5) is 4.79 Å². The molecule has 0 saturated heterocycles. The average molecular weight is 221 g/mol. The Labute approximate surface area is 93.6 Å². The number of imide groups is 1. The van der Waals surface area contributed by atoms with Crippen LogP contribution in [0.25, 0.3) is 0 Å². The molecule has 1 aromatic rings. The van der Waals surface area contributed by atoms with Crippen molar-refractivity contribution in [2.24, 2.45) is 5.73 Å². The summed E-state index contributed by atoms with van der Waals surface area (Å²) < 4.78 is 4.77. The molecule has 1 aromatic carbocycles. The quantitative estimate of drug-likeness (QED) is 0.818. The molecule has 5 heteroatoms. The van der Waals surface area contributed by atoms with E-state index in [-0.39, 0.29) is 6.61 Å². The maximum atomic E-state index is 11.1. The number of nitrogens with zero attached hydrogens (tertiary/aromatic N) is 1. The topological polar surface area (TPSA) is 83.5 Å². The van der Waals surface area contributed by atoms with Gasteiger partial charge in [0.15, 0.2) is 0 Å². The van der Waals surface area contributed by atoms with Gasteiger partial charge in [-0.2, -0.15) is 0 Å². The molecule has 0 aliphatic heterocycles. The molecule has 0 aromatic heterocycles. The van der Waals surface area contributed by atoms with Gasteiger partial charge in [-0.05, 0) is 12.5 Å². The highest BCUT2D eigenvalue weighted by molar-refractivity contribution is 5.94. The molecule has 0 aliphatic carbocycles. The number of benzene rings is 1. The van der Waals surface area contributed by atoms with Gasteiger partial charge in [-0.1, -0.05) is 30.3 Å². The van der Waals surface area contributed by atoms with Gasteiger partial charge in [0.1, 0.15) is 6.61 Å². The Balaban J connectivity index is 2.34. The standard InChI is InChI=1S/C11H13N2O3/c1-8(12)10(14)13-11(15)16-7-9-5-3-2-4-6-9/h2-6,8H,7,12H2,1H3/t8-/m1/s1. The third kappa shape index (κ3) is 4.10. The molecule has 1 rings (SSSR count). The Hall–Kier alpha value is -1.88. The molecule has 0 spiro atoms. The van der Waals surface area contributed by atoms with E-state index in [9.17, 15) is 9.59 Å². The molecule has 0 heterocycles. The summed E-state index contributed by atoms with van der Waals surface area (Å²) in [4.78, 5) is 22.0. The number of rotatable bonds is 3. The third-order valence-corrected chi connectivity index (χ3v) is 1.80. The van der Waals surface area contributed by atoms with Gasteiger partial charge < -0.3 is 10.5 Å². The Morgan fingerprint density at radius 2 is 2.00 bits per heavy atom. The van der Waals surface area contributed by atoms with Crippen LogP contribution in [0.5, 0.6) is 0 Å². The van der Waals surface area contributed by atoms with E-state index in [1.807, 2.05) is 18.2 Å². The first kappa shape index (κ1) is 12.2. The fourth-order valence-corrected chi connectivity index (χ4v) is 0.943. The fourth-order valence-electron chi connectivity index (χ4n) is 0.943. The molecule has 16 heavy (non-hydrogen) atoms. The second kappa shape index (κ2) is 5.87. The van der Waals surface area contributed by atoms with Crippen LogP contribution in [0, 0.1) is 0 Å². The van der Waals surface area contributed by atoms with Crippen LogP contribution >= 0.6 is 0 Å². The Morgan fingerprint density at radius 3 is 2.56 bits per heavy atom. The highest BCUT2D eigenvalue weighted by atomic mass is 16.5. The molecule has 0 bridgehead atoms. The van der Waals surface area contributed by atoms with Crippen LogP contribution in [0.3, 0.4) is 0 Å². The molecule has 0 fully saturated rings. The van der Waals surface area contributed by atoms with Gasteiger partial charge in [0.2, 0.25) is 0 Å². The summed E-state index contributed by atoms with van der Waals surface area (Å²) >= 11 is 0. The van der Waals surface area contributed by atoms with E-state index in [1.54, 1.807) is 12.1 Å². The molecular formula is C11H13N2O3. The summed E-state index contributed by atoms with van der Waals surface area (Å²) in [6, 6.07) is 8.33. The minimum absolute atomic E-state index is 0.0927. The second-order valence-electron chi connectivity index (χ2n) is 3.28. The number of hydrogen-bond acceptors (Lipinski definition) is 4. The zero-order valence-electron chi connectivity index (χ0n) is 8.92. The van der Waals surface area contributed by atoms with Crippen LogP contribution in [-0.2, 0) is 16.1 Å². The van der Waals surface area contributed by atoms with Gasteiger partial charge in [0.05, 0.1) is 6.04 Å². The number of hydrogen-bond donors (Lipinski definition) is 1. The van der Waals surface area contributed by atoms with Crippen molar-refractivity contribution < 1.29 is 14.3 Å². The summed E-state index contributed by atoms with van der Waals surface area (Å²) in [5.74, 6) is -0.682. The van der Waals surface area contributed by atoms with Crippen LogP contribution in [0.1, 0.15) is 12.5 Å². The van der Waals surface area contributed by atoms with Crippen molar-refractivity contribution in [3.8, 4) is 0 Å². The van der Waals surface area contributed by atoms with Crippen molar-refractivity contribution in [2.45, 2.75) is 19.6 Å². The van der Waals surface area contributed by atoms with Gasteiger partial charge in [-0.15, -0.1) is 5.32 Å². The number of carbonyl (C=O) groups is 2. The van der Waals surface area contributed by atoms with Gasteiger partial charge >= 0.3 is 6.09 Å². The minimum atomic E-state index is -0.911. The van der Waals surface area contributed by atoms with Crippen molar-refractivity contribution >= 4 is 12.0 Å². The third-order valence-electron chi connectivity index (χ3n) is 1.80. The predicted octanol–water partition coefficient (Wildman–Crippen LogP) is 0.801. The highest BCUT2D eigenvalue weighted by Crippen LogP contribution is 2.00. The van der Waals surface area contributed by atoms with E-state index in [1.165, 1.54) is 6.92 Å². The highest BCUT2D eigenvalue weighted by Gasteiger charge is 2.15. The van der Waals surface area contributed by atoms with Gasteiger partial charge in [-0.25, -0.2) is 4.79 Å². The van der Waals surface area contributed by atoms with Gasteiger partial charge in [0, 0.05) is 0 Å². The second-order valence-corrected chi connectivity index (χ2v) is 3.28. The van der Waals surface area contributed by atoms with E-state index >= 15 is 0 Å². The zero-order chi connectivity index (χ0) is 12.0. The van der Waals surface area contributed by atoms with Crippen molar-refractivity contribution in [1.29, 1.82) is 0 Å². The molecule has 1 atom stereocenters. The molecule has 2 N–H and O–H groups in total. The summed E-state index contributed by atoms with van der Waals surface area (Å²) in [5, 5.41) is 3.17. The number of nitrogens with two attached hydrogens (primary N) is 1. The van der Waals surface area contributed by atoms with Crippen LogP contribution in [-0.4, -0.2) is 18.0 Å². The molecule has 0 aliphatic rings. The lowest BCUT2D eigenvalue weighted by molar-refractivity contribution is -0.121. The minimum Gasteiger partial charge on any atom is -0.443 e. The maximum absolute atomic E-state index is 11.1. The number of carbonyl (C=O) groups excluding carboxylic acids is 2. The lowest BCUT2D eigenvalue weighted by Gasteiger charge is -2.05. The lowest BCUT2D eigenvalue weighted by atomic mass is 10.2. The van der Waals surface area contributed by atoms with Crippen LogP contribution < -0.4 is 11.1 Å². The fraction of sp³-hybridized carbons (Fsp3) is 0.273. The predicted molar refractivity (Wildman–Crippen MR) is 57.4 cm³/mol. The van der Waals surface area contributed by atoms with E-state index in [0.29, 0.717) is 0 Å². The Kier molecular flexibility index (Phi) is 4.47. The zero-order valence-corrected chi connectivity index (χ0v) is 8.92. The molecule has 5 nitrogen and oxygen atoms in total. The molecular weight excluding hydrogens is 208 g/mol. The van der Waals surface area contributed by atoms with E-state index < -0.39 is 18.0 Å². The van der Waals surface area contributed by atoms with Crippen molar-refractivity contribution in [3.05, 3.63) is 35.9 Å². The van der Waals surface area contributed by atoms with Crippen LogP contribution in [0.15, 0.2) is 30.3 Å². The number of ether oxygens (including phenoxy) is 1. The monoisotopic (exact) mass is 221 g/mol. The summed E-state index contributed by atoms with van der Waals surface area (Å²) in [6.07, 6.45) is -0.911. The average Bonchev–Trinajstić information content (AvgIpc) is 2.27. The smallest absolute Gasteiger partial charge is 0.437 e. The summed E-state index contributed by atoms with van der Waals surface area (Å²) in [5.41, 5.74) is 6.07. The number of amides is 2. The molecule has 85 valence electrons. The molecule has 0 unspecified atom stereocenters. The lowest BCUT2D eigenvalue weighted by Crippen LogP contribution is -2.36. The van der Waals surface area contributed by atoms with E-state index in [2.05, 4.69) is 5.32 Å². The first-order valence-electron chi connectivity index (χ1n) is 4.81. The summed E-state index contributed by atoms with van der Waals surface area (Å²) in [6.45, 7) is 1.55. The molecule has 0 saturated carbocycles. The SMILES string of the molecule is C[C@@H](N)C(=O)[N]C(=O)OCc1ccccc1. The molecule has 2 amide bonds.